The number of amides is 1. The molecule has 110 valence electrons. The second kappa shape index (κ2) is 6.60. The summed E-state index contributed by atoms with van der Waals surface area (Å²) in [5.41, 5.74) is 1.17. The highest BCUT2D eigenvalue weighted by Crippen LogP contribution is 2.06. The molecule has 0 spiro atoms. The van der Waals surface area contributed by atoms with Crippen LogP contribution in [0.15, 0.2) is 12.2 Å². The minimum Gasteiger partial charge on any atom is -0.340 e. The van der Waals surface area contributed by atoms with Gasteiger partial charge in [0.2, 0.25) is 5.91 Å². The SMILES string of the molecule is C=C(C)CN1CCN(C(=O)CCn2nnnc2C)CC1. The zero-order valence-electron chi connectivity index (χ0n) is 12.2. The molecular weight excluding hydrogens is 256 g/mol. The Hall–Kier alpha value is -1.76. The lowest BCUT2D eigenvalue weighted by atomic mass is 10.2. The second-order valence-electron chi connectivity index (χ2n) is 5.31. The van der Waals surface area contributed by atoms with E-state index in [2.05, 4.69) is 27.0 Å². The molecule has 1 fully saturated rings. The van der Waals surface area contributed by atoms with Gasteiger partial charge in [-0.25, -0.2) is 4.68 Å². The summed E-state index contributed by atoms with van der Waals surface area (Å²) >= 11 is 0. The lowest BCUT2D eigenvalue weighted by molar-refractivity contribution is -0.133. The van der Waals surface area contributed by atoms with Crippen molar-refractivity contribution in [2.24, 2.45) is 0 Å². The van der Waals surface area contributed by atoms with Gasteiger partial charge in [-0.15, -0.1) is 5.10 Å². The molecule has 0 N–H and O–H groups in total. The van der Waals surface area contributed by atoms with Crippen LogP contribution in [0.4, 0.5) is 0 Å². The van der Waals surface area contributed by atoms with E-state index in [-0.39, 0.29) is 5.91 Å². The minimum absolute atomic E-state index is 0.176. The summed E-state index contributed by atoms with van der Waals surface area (Å²) < 4.78 is 1.66. The maximum absolute atomic E-state index is 12.1. The molecule has 2 heterocycles. The quantitative estimate of drug-likeness (QED) is 0.714. The van der Waals surface area contributed by atoms with Crippen LogP contribution < -0.4 is 0 Å². The maximum atomic E-state index is 12.1. The fourth-order valence-corrected chi connectivity index (χ4v) is 2.35. The van der Waals surface area contributed by atoms with Crippen LogP contribution in [0.1, 0.15) is 19.2 Å². The van der Waals surface area contributed by atoms with Crippen LogP contribution >= 0.6 is 0 Å². The van der Waals surface area contributed by atoms with E-state index in [9.17, 15) is 4.79 Å². The van der Waals surface area contributed by atoms with E-state index in [4.69, 9.17) is 0 Å². The molecule has 0 aliphatic carbocycles. The zero-order chi connectivity index (χ0) is 14.5. The van der Waals surface area contributed by atoms with Gasteiger partial charge in [0.25, 0.3) is 0 Å². The molecule has 1 amide bonds. The van der Waals surface area contributed by atoms with Crippen molar-refractivity contribution in [3.05, 3.63) is 18.0 Å². The normalized spacial score (nSPS) is 16.4. The Morgan fingerprint density at radius 1 is 1.30 bits per heavy atom. The average Bonchev–Trinajstić information content (AvgIpc) is 2.82. The number of tetrazole rings is 1. The largest absolute Gasteiger partial charge is 0.340 e. The summed E-state index contributed by atoms with van der Waals surface area (Å²) in [5.74, 6) is 0.916. The van der Waals surface area contributed by atoms with Gasteiger partial charge >= 0.3 is 0 Å². The monoisotopic (exact) mass is 278 g/mol. The van der Waals surface area contributed by atoms with Gasteiger partial charge in [-0.1, -0.05) is 12.2 Å². The van der Waals surface area contributed by atoms with Crippen molar-refractivity contribution < 1.29 is 4.79 Å². The fourth-order valence-electron chi connectivity index (χ4n) is 2.35. The summed E-state index contributed by atoms with van der Waals surface area (Å²) in [6, 6.07) is 0. The predicted molar refractivity (Wildman–Crippen MR) is 75.0 cm³/mol. The van der Waals surface area contributed by atoms with Gasteiger partial charge in [-0.05, 0) is 24.3 Å². The van der Waals surface area contributed by atoms with Crippen molar-refractivity contribution in [2.45, 2.75) is 26.8 Å². The number of hydrogen-bond donors (Lipinski definition) is 0. The molecule has 0 bridgehead atoms. The third kappa shape index (κ3) is 3.86. The fraction of sp³-hybridized carbons (Fsp3) is 0.692. The molecule has 7 nitrogen and oxygen atoms in total. The standard InChI is InChI=1S/C13H22N6O/c1-11(2)10-17-6-8-18(9-7-17)13(20)4-5-19-12(3)14-15-16-19/h1,4-10H2,2-3H3. The van der Waals surface area contributed by atoms with Crippen LogP contribution in [-0.2, 0) is 11.3 Å². The molecule has 1 aromatic rings. The summed E-state index contributed by atoms with van der Waals surface area (Å²) in [6.07, 6.45) is 0.451. The molecule has 1 saturated heterocycles. The summed E-state index contributed by atoms with van der Waals surface area (Å²) in [4.78, 5) is 16.4. The molecule has 0 aromatic carbocycles. The molecular formula is C13H22N6O. The molecule has 0 radical (unpaired) electrons. The van der Waals surface area contributed by atoms with Crippen molar-refractivity contribution in [3.8, 4) is 0 Å². The summed E-state index contributed by atoms with van der Waals surface area (Å²) in [7, 11) is 0. The highest BCUT2D eigenvalue weighted by molar-refractivity contribution is 5.76. The molecule has 0 saturated carbocycles. The molecule has 2 rings (SSSR count). The van der Waals surface area contributed by atoms with Crippen LogP contribution in [0, 0.1) is 6.92 Å². The second-order valence-corrected chi connectivity index (χ2v) is 5.31. The Kier molecular flexibility index (Phi) is 4.84. The van der Waals surface area contributed by atoms with E-state index >= 15 is 0 Å². The summed E-state index contributed by atoms with van der Waals surface area (Å²) in [6.45, 7) is 12.7. The van der Waals surface area contributed by atoms with Gasteiger partial charge in [0.15, 0.2) is 0 Å². The van der Waals surface area contributed by atoms with E-state index < -0.39 is 0 Å². The number of carbonyl (C=O) groups excluding carboxylic acids is 1. The molecule has 1 aromatic heterocycles. The van der Waals surface area contributed by atoms with Crippen LogP contribution in [-0.4, -0.2) is 68.6 Å². The van der Waals surface area contributed by atoms with E-state index in [1.165, 1.54) is 5.57 Å². The van der Waals surface area contributed by atoms with Gasteiger partial charge in [0.1, 0.15) is 5.82 Å². The number of carbonyl (C=O) groups is 1. The van der Waals surface area contributed by atoms with Crippen molar-refractivity contribution in [1.82, 2.24) is 30.0 Å². The molecule has 0 unspecified atom stereocenters. The smallest absolute Gasteiger partial charge is 0.224 e. The molecule has 0 atom stereocenters. The highest BCUT2D eigenvalue weighted by atomic mass is 16.2. The van der Waals surface area contributed by atoms with Gasteiger partial charge in [0.05, 0.1) is 6.54 Å². The Morgan fingerprint density at radius 2 is 2.00 bits per heavy atom. The van der Waals surface area contributed by atoms with Gasteiger partial charge < -0.3 is 4.90 Å². The first-order valence-corrected chi connectivity index (χ1v) is 6.93. The lowest BCUT2D eigenvalue weighted by Crippen LogP contribution is -2.49. The third-order valence-electron chi connectivity index (χ3n) is 3.47. The maximum Gasteiger partial charge on any atom is 0.224 e. The minimum atomic E-state index is 0.176. The van der Waals surface area contributed by atoms with Crippen LogP contribution in [0.2, 0.25) is 0 Å². The van der Waals surface area contributed by atoms with Crippen LogP contribution in [0.25, 0.3) is 0 Å². The van der Waals surface area contributed by atoms with Gasteiger partial charge in [-0.2, -0.15) is 0 Å². The van der Waals surface area contributed by atoms with Crippen LogP contribution in [0.3, 0.4) is 0 Å². The Balaban J connectivity index is 1.74. The molecule has 1 aliphatic heterocycles. The molecule has 20 heavy (non-hydrogen) atoms. The van der Waals surface area contributed by atoms with E-state index in [1.54, 1.807) is 4.68 Å². The van der Waals surface area contributed by atoms with Crippen LogP contribution in [0.5, 0.6) is 0 Å². The van der Waals surface area contributed by atoms with E-state index in [0.717, 1.165) is 38.5 Å². The van der Waals surface area contributed by atoms with E-state index in [0.29, 0.717) is 13.0 Å². The van der Waals surface area contributed by atoms with Crippen molar-refractivity contribution >= 4 is 5.91 Å². The predicted octanol–water partition coefficient (Wildman–Crippen LogP) is 0.0919. The first-order valence-electron chi connectivity index (χ1n) is 6.93. The topological polar surface area (TPSA) is 67.2 Å². The zero-order valence-corrected chi connectivity index (χ0v) is 12.2. The Labute approximate surface area is 119 Å². The van der Waals surface area contributed by atoms with Gasteiger partial charge in [-0.3, -0.25) is 9.69 Å². The first kappa shape index (κ1) is 14.6. The lowest BCUT2D eigenvalue weighted by Gasteiger charge is -2.34. The number of aryl methyl sites for hydroxylation is 2. The van der Waals surface area contributed by atoms with E-state index in [1.807, 2.05) is 18.7 Å². The number of rotatable bonds is 5. The Morgan fingerprint density at radius 3 is 2.55 bits per heavy atom. The first-order chi connectivity index (χ1) is 9.56. The highest BCUT2D eigenvalue weighted by Gasteiger charge is 2.20. The number of piperazine rings is 1. The molecule has 7 heteroatoms. The summed E-state index contributed by atoms with van der Waals surface area (Å²) in [5, 5.41) is 11.2. The number of nitrogens with zero attached hydrogens (tertiary/aromatic N) is 6. The van der Waals surface area contributed by atoms with Crippen molar-refractivity contribution in [3.63, 3.8) is 0 Å². The number of hydrogen-bond acceptors (Lipinski definition) is 5. The van der Waals surface area contributed by atoms with Crippen molar-refractivity contribution in [1.29, 1.82) is 0 Å². The number of aromatic nitrogens is 4. The third-order valence-corrected chi connectivity index (χ3v) is 3.47. The van der Waals surface area contributed by atoms with Gasteiger partial charge in [0, 0.05) is 39.1 Å². The molecule has 1 aliphatic rings. The Bertz CT molecular complexity index is 475. The van der Waals surface area contributed by atoms with Crippen molar-refractivity contribution in [2.75, 3.05) is 32.7 Å². The average molecular weight is 278 g/mol.